The number of rotatable bonds is 2. The van der Waals surface area contributed by atoms with Crippen LogP contribution in [0.25, 0.3) is 10.8 Å². The van der Waals surface area contributed by atoms with Crippen molar-refractivity contribution in [1.29, 1.82) is 0 Å². The van der Waals surface area contributed by atoms with Crippen LogP contribution < -0.4 is 5.32 Å². The van der Waals surface area contributed by atoms with E-state index in [0.29, 0.717) is 16.5 Å². The van der Waals surface area contributed by atoms with Gasteiger partial charge in [0, 0.05) is 11.1 Å². The molecule has 2 aromatic carbocycles. The van der Waals surface area contributed by atoms with Crippen molar-refractivity contribution in [2.75, 3.05) is 5.32 Å². The summed E-state index contributed by atoms with van der Waals surface area (Å²) in [6.07, 6.45) is 0.638. The fourth-order valence-corrected chi connectivity index (χ4v) is 1.82. The first kappa shape index (κ1) is 10.3. The summed E-state index contributed by atoms with van der Waals surface area (Å²) < 4.78 is 0. The Hall–Kier alpha value is -1.25. The van der Waals surface area contributed by atoms with Gasteiger partial charge in [-0.05, 0) is 23.6 Å². The minimum atomic E-state index is 0.528. The molecule has 2 aromatic rings. The first-order chi connectivity index (χ1) is 7.22. The molecule has 0 aliphatic rings. The summed E-state index contributed by atoms with van der Waals surface area (Å²) in [5, 5.41) is 5.46. The number of amides is 1. The van der Waals surface area contributed by atoms with Crippen LogP contribution in [0.2, 0.25) is 10.0 Å². The van der Waals surface area contributed by atoms with Crippen molar-refractivity contribution in [3.05, 3.63) is 40.4 Å². The second kappa shape index (κ2) is 4.09. The molecule has 0 saturated carbocycles. The van der Waals surface area contributed by atoms with E-state index >= 15 is 0 Å². The third-order valence-corrected chi connectivity index (χ3v) is 2.95. The lowest BCUT2D eigenvalue weighted by molar-refractivity contribution is -0.105. The summed E-state index contributed by atoms with van der Waals surface area (Å²) in [4.78, 5) is 10.3. The minimum absolute atomic E-state index is 0.528. The monoisotopic (exact) mass is 239 g/mol. The predicted molar refractivity (Wildman–Crippen MR) is 63.7 cm³/mol. The highest BCUT2D eigenvalue weighted by molar-refractivity contribution is 6.45. The molecular weight excluding hydrogens is 233 g/mol. The van der Waals surface area contributed by atoms with E-state index in [9.17, 15) is 4.79 Å². The van der Waals surface area contributed by atoms with E-state index in [2.05, 4.69) is 5.32 Å². The molecule has 0 unspecified atom stereocenters. The fourth-order valence-electron chi connectivity index (χ4n) is 1.42. The molecule has 76 valence electrons. The van der Waals surface area contributed by atoms with E-state index in [1.54, 1.807) is 12.1 Å². The maximum Gasteiger partial charge on any atom is 0.211 e. The maximum absolute atomic E-state index is 10.3. The molecule has 0 heterocycles. The largest absolute Gasteiger partial charge is 0.329 e. The Morgan fingerprint density at radius 2 is 1.93 bits per heavy atom. The molecule has 2 rings (SSSR count). The lowest BCUT2D eigenvalue weighted by atomic mass is 10.1. The molecule has 4 heteroatoms. The van der Waals surface area contributed by atoms with Crippen LogP contribution in [-0.2, 0) is 4.79 Å². The van der Waals surface area contributed by atoms with Crippen molar-refractivity contribution in [1.82, 2.24) is 0 Å². The molecule has 0 bridgehead atoms. The Morgan fingerprint density at radius 1 is 1.13 bits per heavy atom. The number of carbonyl (C=O) groups excluding carboxylic acids is 1. The Labute approximate surface area is 96.8 Å². The van der Waals surface area contributed by atoms with Crippen LogP contribution in [-0.4, -0.2) is 6.41 Å². The van der Waals surface area contributed by atoms with Gasteiger partial charge >= 0.3 is 0 Å². The van der Waals surface area contributed by atoms with Gasteiger partial charge in [-0.3, -0.25) is 4.79 Å². The van der Waals surface area contributed by atoms with Gasteiger partial charge in [0.2, 0.25) is 6.41 Å². The second-order valence-corrected chi connectivity index (χ2v) is 3.84. The summed E-state index contributed by atoms with van der Waals surface area (Å²) in [6.45, 7) is 0. The molecule has 1 N–H and O–H groups in total. The summed E-state index contributed by atoms with van der Waals surface area (Å²) >= 11 is 11.9. The highest BCUT2D eigenvalue weighted by Gasteiger charge is 2.03. The van der Waals surface area contributed by atoms with Gasteiger partial charge < -0.3 is 5.32 Å². The summed E-state index contributed by atoms with van der Waals surface area (Å²) in [6, 6.07) is 9.04. The van der Waals surface area contributed by atoms with E-state index in [1.165, 1.54) is 0 Å². The molecule has 0 aliphatic carbocycles. The zero-order valence-electron chi connectivity index (χ0n) is 7.63. The quantitative estimate of drug-likeness (QED) is 0.796. The number of benzene rings is 2. The smallest absolute Gasteiger partial charge is 0.211 e. The van der Waals surface area contributed by atoms with Crippen molar-refractivity contribution in [2.24, 2.45) is 0 Å². The van der Waals surface area contributed by atoms with Crippen LogP contribution >= 0.6 is 23.2 Å². The van der Waals surface area contributed by atoms with E-state index < -0.39 is 0 Å². The highest BCUT2D eigenvalue weighted by atomic mass is 35.5. The Morgan fingerprint density at radius 3 is 2.67 bits per heavy atom. The van der Waals surface area contributed by atoms with E-state index in [1.807, 2.05) is 18.2 Å². The van der Waals surface area contributed by atoms with Crippen molar-refractivity contribution in [2.45, 2.75) is 0 Å². The summed E-state index contributed by atoms with van der Waals surface area (Å²) in [5.74, 6) is 0. The normalized spacial score (nSPS) is 10.3. The average Bonchev–Trinajstić information content (AvgIpc) is 2.24. The number of nitrogens with one attached hydrogen (secondary N) is 1. The van der Waals surface area contributed by atoms with Gasteiger partial charge in [0.05, 0.1) is 10.0 Å². The molecule has 0 radical (unpaired) electrons. The molecule has 0 aliphatic heterocycles. The average molecular weight is 240 g/mol. The number of halogens is 2. The van der Waals surface area contributed by atoms with E-state index in [-0.39, 0.29) is 0 Å². The number of carbonyl (C=O) groups is 1. The molecule has 0 aromatic heterocycles. The van der Waals surface area contributed by atoms with Gasteiger partial charge in [0.15, 0.2) is 0 Å². The molecule has 2 nitrogen and oxygen atoms in total. The van der Waals surface area contributed by atoms with Gasteiger partial charge in [-0.1, -0.05) is 35.3 Å². The minimum Gasteiger partial charge on any atom is -0.329 e. The Kier molecular flexibility index (Phi) is 2.80. The van der Waals surface area contributed by atoms with Crippen LogP contribution in [0.1, 0.15) is 0 Å². The summed E-state index contributed by atoms with van der Waals surface area (Å²) in [7, 11) is 0. The van der Waals surface area contributed by atoms with Gasteiger partial charge in [-0.25, -0.2) is 0 Å². The molecule has 0 atom stereocenters. The van der Waals surface area contributed by atoms with Crippen molar-refractivity contribution >= 4 is 46.1 Å². The molecular formula is C11H7Cl2NO. The standard InChI is InChI=1S/C11H7Cl2NO/c12-10-4-1-7-5-8(14-6-15)2-3-9(7)11(10)13/h1-6H,(H,14,15). The topological polar surface area (TPSA) is 29.1 Å². The van der Waals surface area contributed by atoms with Crippen molar-refractivity contribution in [3.8, 4) is 0 Å². The molecule has 0 fully saturated rings. The van der Waals surface area contributed by atoms with E-state index in [0.717, 1.165) is 16.5 Å². The zero-order chi connectivity index (χ0) is 10.8. The van der Waals surface area contributed by atoms with Crippen LogP contribution in [0.15, 0.2) is 30.3 Å². The molecule has 0 saturated heterocycles. The van der Waals surface area contributed by atoms with Gasteiger partial charge in [0.25, 0.3) is 0 Å². The SMILES string of the molecule is O=CNc1ccc2c(Cl)c(Cl)ccc2c1. The highest BCUT2D eigenvalue weighted by Crippen LogP contribution is 2.31. The molecule has 1 amide bonds. The third-order valence-electron chi connectivity index (χ3n) is 2.13. The first-order valence-electron chi connectivity index (χ1n) is 4.30. The third kappa shape index (κ3) is 1.91. The Balaban J connectivity index is 2.64. The molecule has 0 spiro atoms. The number of hydrogen-bond donors (Lipinski definition) is 1. The van der Waals surface area contributed by atoms with E-state index in [4.69, 9.17) is 23.2 Å². The summed E-state index contributed by atoms with van der Waals surface area (Å²) in [5.41, 5.74) is 0.732. The Bertz CT molecular complexity index is 525. The molecule has 15 heavy (non-hydrogen) atoms. The zero-order valence-corrected chi connectivity index (χ0v) is 9.14. The number of hydrogen-bond acceptors (Lipinski definition) is 1. The van der Waals surface area contributed by atoms with Crippen LogP contribution in [0.4, 0.5) is 5.69 Å². The van der Waals surface area contributed by atoms with Crippen LogP contribution in [0.3, 0.4) is 0 Å². The van der Waals surface area contributed by atoms with Crippen molar-refractivity contribution < 1.29 is 4.79 Å². The number of anilines is 1. The maximum atomic E-state index is 10.3. The second-order valence-electron chi connectivity index (χ2n) is 3.06. The van der Waals surface area contributed by atoms with Gasteiger partial charge in [-0.2, -0.15) is 0 Å². The lowest BCUT2D eigenvalue weighted by Crippen LogP contribution is -1.92. The lowest BCUT2D eigenvalue weighted by Gasteiger charge is -2.04. The van der Waals surface area contributed by atoms with Crippen LogP contribution in [0.5, 0.6) is 0 Å². The first-order valence-corrected chi connectivity index (χ1v) is 5.06. The van der Waals surface area contributed by atoms with Gasteiger partial charge in [-0.15, -0.1) is 0 Å². The van der Waals surface area contributed by atoms with Crippen LogP contribution in [0, 0.1) is 0 Å². The van der Waals surface area contributed by atoms with Crippen molar-refractivity contribution in [3.63, 3.8) is 0 Å². The number of fused-ring (bicyclic) bond motifs is 1. The fraction of sp³-hybridized carbons (Fsp3) is 0. The predicted octanol–water partition coefficient (Wildman–Crippen LogP) is 3.71. The van der Waals surface area contributed by atoms with Gasteiger partial charge in [0.1, 0.15) is 0 Å².